The second-order valence-corrected chi connectivity index (χ2v) is 8.49. The van der Waals surface area contributed by atoms with Crippen LogP contribution >= 0.6 is 0 Å². The number of carbonyl (C=O) groups is 2. The lowest BCUT2D eigenvalue weighted by atomic mass is 10.0. The normalized spacial score (nSPS) is 11.7. The zero-order valence-corrected chi connectivity index (χ0v) is 20.4. The number of rotatable bonds is 9. The molecule has 1 aromatic heterocycles. The van der Waals surface area contributed by atoms with E-state index in [1.165, 1.54) is 7.11 Å². The number of esters is 1. The molecule has 184 valence electrons. The lowest BCUT2D eigenvalue weighted by Crippen LogP contribution is -2.36. The monoisotopic (exact) mass is 484 g/mol. The molecule has 0 saturated carbocycles. The van der Waals surface area contributed by atoms with Gasteiger partial charge in [0, 0.05) is 5.39 Å². The number of ether oxygens (including phenoxy) is 2. The van der Waals surface area contributed by atoms with E-state index in [2.05, 4.69) is 20.6 Å². The molecule has 0 fully saturated rings. The van der Waals surface area contributed by atoms with Crippen molar-refractivity contribution in [3.63, 3.8) is 0 Å². The number of fused-ring (bicyclic) bond motifs is 1. The Kier molecular flexibility index (Phi) is 7.75. The Hall–Kier alpha value is -4.46. The van der Waals surface area contributed by atoms with Gasteiger partial charge in [0.05, 0.1) is 24.7 Å². The summed E-state index contributed by atoms with van der Waals surface area (Å²) < 4.78 is 10.9. The zero-order valence-electron chi connectivity index (χ0n) is 20.4. The van der Waals surface area contributed by atoms with Gasteiger partial charge in [-0.15, -0.1) is 0 Å². The first-order valence-electron chi connectivity index (χ1n) is 11.7. The molecule has 1 atom stereocenters. The molecule has 4 aromatic rings. The molecule has 0 spiro atoms. The van der Waals surface area contributed by atoms with E-state index in [1.807, 2.05) is 74.5 Å². The number of para-hydroxylation sites is 3. The lowest BCUT2D eigenvalue weighted by molar-refractivity contribution is -0.142. The van der Waals surface area contributed by atoms with E-state index in [0.29, 0.717) is 34.2 Å². The van der Waals surface area contributed by atoms with Crippen molar-refractivity contribution >= 4 is 28.6 Å². The summed E-state index contributed by atoms with van der Waals surface area (Å²) in [6, 6.07) is 23.2. The molecule has 3 aromatic carbocycles. The number of nitrogens with zero attached hydrogens (tertiary/aromatic N) is 2. The predicted molar refractivity (Wildman–Crippen MR) is 138 cm³/mol. The van der Waals surface area contributed by atoms with Gasteiger partial charge in [0.2, 0.25) is 0 Å². The third-order valence-corrected chi connectivity index (χ3v) is 5.57. The zero-order chi connectivity index (χ0) is 25.5. The Bertz CT molecular complexity index is 1360. The van der Waals surface area contributed by atoms with Gasteiger partial charge in [-0.05, 0) is 42.3 Å². The Labute approximate surface area is 209 Å². The number of aromatic nitrogens is 2. The molecule has 4 rings (SSSR count). The van der Waals surface area contributed by atoms with Crippen molar-refractivity contribution in [1.82, 2.24) is 15.3 Å². The molecule has 0 unspecified atom stereocenters. The Morgan fingerprint density at radius 2 is 1.58 bits per heavy atom. The van der Waals surface area contributed by atoms with E-state index in [0.717, 1.165) is 5.39 Å². The van der Waals surface area contributed by atoms with E-state index in [-0.39, 0.29) is 24.3 Å². The van der Waals surface area contributed by atoms with Gasteiger partial charge in [-0.3, -0.25) is 4.79 Å². The maximum Gasteiger partial charge on any atom is 0.328 e. The van der Waals surface area contributed by atoms with Crippen LogP contribution in [0.15, 0.2) is 78.9 Å². The highest BCUT2D eigenvalue weighted by Crippen LogP contribution is 2.26. The Morgan fingerprint density at radius 1 is 0.889 bits per heavy atom. The van der Waals surface area contributed by atoms with Gasteiger partial charge >= 0.3 is 5.97 Å². The van der Waals surface area contributed by atoms with Crippen LogP contribution in [0.4, 0.5) is 5.82 Å². The van der Waals surface area contributed by atoms with Crippen molar-refractivity contribution < 1.29 is 19.1 Å². The summed E-state index contributed by atoms with van der Waals surface area (Å²) in [5, 5.41) is 6.86. The summed E-state index contributed by atoms with van der Waals surface area (Å²) in [6.07, 6.45) is 0. The van der Waals surface area contributed by atoms with Gasteiger partial charge in [0.25, 0.3) is 5.91 Å². The van der Waals surface area contributed by atoms with Crippen LogP contribution in [0.1, 0.15) is 30.0 Å². The summed E-state index contributed by atoms with van der Waals surface area (Å²) in [7, 11) is 1.36. The molecule has 0 aliphatic carbocycles. The number of anilines is 1. The third kappa shape index (κ3) is 5.78. The highest BCUT2D eigenvalue weighted by Gasteiger charge is 2.24. The van der Waals surface area contributed by atoms with Crippen molar-refractivity contribution in [2.45, 2.75) is 26.4 Å². The number of hydrogen-bond donors (Lipinski definition) is 2. The predicted octanol–water partition coefficient (Wildman–Crippen LogP) is 4.96. The Morgan fingerprint density at radius 3 is 2.33 bits per heavy atom. The largest absolute Gasteiger partial charge is 0.467 e. The maximum absolute atomic E-state index is 13.0. The molecule has 0 radical (unpaired) electrons. The summed E-state index contributed by atoms with van der Waals surface area (Å²) in [4.78, 5) is 34.6. The van der Waals surface area contributed by atoms with Crippen LogP contribution in [-0.4, -0.2) is 35.0 Å². The number of hydrogen-bond acceptors (Lipinski definition) is 7. The Balaban J connectivity index is 1.56. The van der Waals surface area contributed by atoms with Crippen LogP contribution < -0.4 is 15.4 Å². The standard InChI is InChI=1S/C28H28N4O4/c1-18(2)25(28(34)35-3)32-26-20-13-7-9-15-22(20)30-24(31-26)17-29-27(33)21-14-8-10-16-23(21)36-19-11-5-4-6-12-19/h4-16,18,25H,17H2,1-3H3,(H,29,33)(H,30,31,32)/t25-/m0/s1. The van der Waals surface area contributed by atoms with E-state index in [1.54, 1.807) is 18.2 Å². The first kappa shape index (κ1) is 24.7. The van der Waals surface area contributed by atoms with Gasteiger partial charge in [-0.2, -0.15) is 0 Å². The van der Waals surface area contributed by atoms with Crippen LogP contribution in [-0.2, 0) is 16.1 Å². The number of amides is 1. The molecule has 8 heteroatoms. The molecule has 0 aliphatic heterocycles. The van der Waals surface area contributed by atoms with E-state index in [4.69, 9.17) is 9.47 Å². The first-order chi connectivity index (χ1) is 17.5. The number of benzene rings is 3. The molecule has 0 saturated heterocycles. The van der Waals surface area contributed by atoms with Gasteiger partial charge in [0.1, 0.15) is 23.4 Å². The van der Waals surface area contributed by atoms with Crippen molar-refractivity contribution in [2.75, 3.05) is 12.4 Å². The summed E-state index contributed by atoms with van der Waals surface area (Å²) in [6.45, 7) is 3.94. The van der Waals surface area contributed by atoms with Crippen molar-refractivity contribution in [3.05, 3.63) is 90.3 Å². The van der Waals surface area contributed by atoms with E-state index >= 15 is 0 Å². The smallest absolute Gasteiger partial charge is 0.328 e. The quantitative estimate of drug-likeness (QED) is 0.324. The van der Waals surface area contributed by atoms with Crippen molar-refractivity contribution in [2.24, 2.45) is 5.92 Å². The van der Waals surface area contributed by atoms with Gasteiger partial charge < -0.3 is 20.1 Å². The number of carbonyl (C=O) groups excluding carboxylic acids is 2. The molecule has 0 aliphatic rings. The SMILES string of the molecule is COC(=O)[C@@H](Nc1nc(CNC(=O)c2ccccc2Oc2ccccc2)nc2ccccc12)C(C)C. The van der Waals surface area contributed by atoms with Crippen LogP contribution in [0.5, 0.6) is 11.5 Å². The second-order valence-electron chi connectivity index (χ2n) is 8.49. The van der Waals surface area contributed by atoms with E-state index in [9.17, 15) is 9.59 Å². The minimum atomic E-state index is -0.585. The molecule has 1 heterocycles. The minimum absolute atomic E-state index is 0.0320. The minimum Gasteiger partial charge on any atom is -0.467 e. The summed E-state index contributed by atoms with van der Waals surface area (Å²) in [5.41, 5.74) is 1.09. The number of methoxy groups -OCH3 is 1. The average Bonchev–Trinajstić information content (AvgIpc) is 2.90. The average molecular weight is 485 g/mol. The summed E-state index contributed by atoms with van der Waals surface area (Å²) >= 11 is 0. The van der Waals surface area contributed by atoms with Crippen molar-refractivity contribution in [1.29, 1.82) is 0 Å². The van der Waals surface area contributed by atoms with Gasteiger partial charge in [-0.25, -0.2) is 14.8 Å². The van der Waals surface area contributed by atoms with Crippen LogP contribution in [0, 0.1) is 5.92 Å². The van der Waals surface area contributed by atoms with Gasteiger partial charge in [0.15, 0.2) is 5.82 Å². The summed E-state index contributed by atoms with van der Waals surface area (Å²) in [5.74, 6) is 1.26. The molecule has 0 bridgehead atoms. The molecule has 36 heavy (non-hydrogen) atoms. The van der Waals surface area contributed by atoms with Crippen LogP contribution in [0.3, 0.4) is 0 Å². The molecule has 8 nitrogen and oxygen atoms in total. The molecular weight excluding hydrogens is 456 g/mol. The first-order valence-corrected chi connectivity index (χ1v) is 11.7. The molecule has 1 amide bonds. The van der Waals surface area contributed by atoms with E-state index < -0.39 is 6.04 Å². The third-order valence-electron chi connectivity index (χ3n) is 5.57. The number of nitrogens with one attached hydrogen (secondary N) is 2. The molecular formula is C28H28N4O4. The van der Waals surface area contributed by atoms with Gasteiger partial charge in [-0.1, -0.05) is 56.3 Å². The maximum atomic E-state index is 13.0. The fourth-order valence-corrected chi connectivity index (χ4v) is 3.70. The van der Waals surface area contributed by atoms with Crippen molar-refractivity contribution in [3.8, 4) is 11.5 Å². The van der Waals surface area contributed by atoms with Crippen LogP contribution in [0.2, 0.25) is 0 Å². The second kappa shape index (κ2) is 11.3. The topological polar surface area (TPSA) is 102 Å². The van der Waals surface area contributed by atoms with Crippen LogP contribution in [0.25, 0.3) is 10.9 Å². The highest BCUT2D eigenvalue weighted by atomic mass is 16.5. The lowest BCUT2D eigenvalue weighted by Gasteiger charge is -2.21. The highest BCUT2D eigenvalue weighted by molar-refractivity contribution is 5.97. The fraction of sp³-hybridized carbons (Fsp3) is 0.214. The fourth-order valence-electron chi connectivity index (χ4n) is 3.70. The molecule has 2 N–H and O–H groups in total.